The summed E-state index contributed by atoms with van der Waals surface area (Å²) in [6.07, 6.45) is 9.36. The van der Waals surface area contributed by atoms with Gasteiger partial charge in [0, 0.05) is 42.8 Å². The van der Waals surface area contributed by atoms with Crippen molar-refractivity contribution in [3.05, 3.63) is 103 Å². The van der Waals surface area contributed by atoms with Gasteiger partial charge < -0.3 is 20.5 Å². The van der Waals surface area contributed by atoms with E-state index in [1.807, 2.05) is 36.7 Å². The fourth-order valence-corrected chi connectivity index (χ4v) is 4.38. The van der Waals surface area contributed by atoms with Crippen molar-refractivity contribution in [3.8, 4) is 11.4 Å². The van der Waals surface area contributed by atoms with Crippen LogP contribution in [0.4, 0.5) is 27.5 Å². The molecule has 1 amide bonds. The molecule has 3 aromatic heterocycles. The molecule has 0 saturated carbocycles. The van der Waals surface area contributed by atoms with Gasteiger partial charge in [-0.2, -0.15) is 4.98 Å². The summed E-state index contributed by atoms with van der Waals surface area (Å²) < 4.78 is 17.1. The minimum absolute atomic E-state index is 0.187. The Hall–Kier alpha value is -5.19. The highest BCUT2D eigenvalue weighted by atomic mass is 19.1. The zero-order valence-electron chi connectivity index (χ0n) is 22.8. The van der Waals surface area contributed by atoms with Crippen LogP contribution in [-0.4, -0.2) is 41.9 Å². The summed E-state index contributed by atoms with van der Waals surface area (Å²) >= 11 is 0. The predicted molar refractivity (Wildman–Crippen MR) is 157 cm³/mol. The van der Waals surface area contributed by atoms with Crippen molar-refractivity contribution in [3.63, 3.8) is 0 Å². The molecule has 0 aliphatic carbocycles. The first-order valence-corrected chi connectivity index (χ1v) is 13.3. The number of halogens is 1. The van der Waals surface area contributed by atoms with E-state index in [-0.39, 0.29) is 17.6 Å². The molecule has 0 aliphatic rings. The van der Waals surface area contributed by atoms with E-state index in [1.54, 1.807) is 55.1 Å². The van der Waals surface area contributed by atoms with Crippen LogP contribution < -0.4 is 16.0 Å². The molecule has 11 heteroatoms. The molecule has 208 valence electrons. The highest BCUT2D eigenvalue weighted by Gasteiger charge is 2.21. The molecular weight excluding hydrogens is 521 g/mol. The molecular formula is C30H30FN9O. The zero-order chi connectivity index (χ0) is 28.6. The number of nitrogens with zero attached hydrogens (tertiary/aromatic N) is 6. The minimum Gasteiger partial charge on any atom is -0.354 e. The second-order valence-corrected chi connectivity index (χ2v) is 9.60. The van der Waals surface area contributed by atoms with Crippen LogP contribution in [0.15, 0.2) is 85.8 Å². The molecule has 0 spiro atoms. The number of aryl methyl sites for hydroxylation is 1. The topological polar surface area (TPSA) is 123 Å². The lowest BCUT2D eigenvalue weighted by Gasteiger charge is -2.21. The maximum Gasteiger partial charge on any atom is 0.255 e. The second kappa shape index (κ2) is 12.8. The van der Waals surface area contributed by atoms with Crippen LogP contribution in [0.3, 0.4) is 0 Å². The van der Waals surface area contributed by atoms with E-state index in [1.165, 1.54) is 12.4 Å². The summed E-state index contributed by atoms with van der Waals surface area (Å²) in [7, 11) is 0. The van der Waals surface area contributed by atoms with Crippen LogP contribution in [0.1, 0.15) is 42.1 Å². The first-order chi connectivity index (χ1) is 20.0. The Kier molecular flexibility index (Phi) is 8.53. The van der Waals surface area contributed by atoms with Gasteiger partial charge in [-0.15, -0.1) is 0 Å². The third-order valence-electron chi connectivity index (χ3n) is 6.35. The Bertz CT molecular complexity index is 1610. The Morgan fingerprint density at radius 1 is 1.00 bits per heavy atom. The van der Waals surface area contributed by atoms with Gasteiger partial charge in [-0.05, 0) is 48.7 Å². The first-order valence-electron chi connectivity index (χ1n) is 13.3. The molecule has 0 saturated heterocycles. The van der Waals surface area contributed by atoms with Gasteiger partial charge in [-0.3, -0.25) is 4.79 Å². The van der Waals surface area contributed by atoms with Crippen molar-refractivity contribution < 1.29 is 9.18 Å². The molecule has 5 aromatic rings. The number of amides is 1. The van der Waals surface area contributed by atoms with Crippen molar-refractivity contribution in [2.75, 3.05) is 22.5 Å². The molecule has 10 nitrogen and oxygen atoms in total. The number of carbonyl (C=O) groups excluding carboxylic acids is 1. The number of benzene rings is 2. The molecule has 3 N–H and O–H groups in total. The summed E-state index contributed by atoms with van der Waals surface area (Å²) in [5.74, 6) is 0.350. The number of imidazole rings is 1. The van der Waals surface area contributed by atoms with Gasteiger partial charge in [-0.1, -0.05) is 32.0 Å². The van der Waals surface area contributed by atoms with Crippen molar-refractivity contribution in [2.45, 2.75) is 32.7 Å². The third-order valence-corrected chi connectivity index (χ3v) is 6.35. The molecule has 0 radical (unpaired) electrons. The highest BCUT2D eigenvalue weighted by molar-refractivity contribution is 6.06. The summed E-state index contributed by atoms with van der Waals surface area (Å²) in [4.78, 5) is 34.8. The molecule has 0 atom stereocenters. The molecule has 5 rings (SSSR count). The van der Waals surface area contributed by atoms with Gasteiger partial charge in [0.1, 0.15) is 18.0 Å². The number of nitrogens with one attached hydrogen (secondary N) is 3. The Morgan fingerprint density at radius 2 is 1.85 bits per heavy atom. The highest BCUT2D eigenvalue weighted by Crippen LogP contribution is 2.37. The maximum atomic E-state index is 15.1. The van der Waals surface area contributed by atoms with Gasteiger partial charge in [0.25, 0.3) is 5.91 Å². The van der Waals surface area contributed by atoms with Gasteiger partial charge in [0.05, 0.1) is 23.3 Å². The van der Waals surface area contributed by atoms with E-state index in [0.717, 1.165) is 13.0 Å². The lowest BCUT2D eigenvalue weighted by atomic mass is 9.98. The number of hydrogen-bond acceptors (Lipinski definition) is 8. The quantitative estimate of drug-likeness (QED) is 0.174. The smallest absolute Gasteiger partial charge is 0.255 e. The van der Waals surface area contributed by atoms with Gasteiger partial charge in [-0.25, -0.2) is 24.3 Å². The van der Waals surface area contributed by atoms with E-state index in [9.17, 15) is 4.79 Å². The van der Waals surface area contributed by atoms with Gasteiger partial charge >= 0.3 is 0 Å². The number of rotatable bonds is 11. The van der Waals surface area contributed by atoms with Crippen LogP contribution in [0.2, 0.25) is 0 Å². The van der Waals surface area contributed by atoms with E-state index in [4.69, 9.17) is 0 Å². The number of hydrogen-bond donors (Lipinski definition) is 3. The van der Waals surface area contributed by atoms with Crippen molar-refractivity contribution in [1.29, 1.82) is 0 Å². The summed E-state index contributed by atoms with van der Waals surface area (Å²) in [5.41, 5.74) is 2.34. The minimum atomic E-state index is -0.389. The SMILES string of the molecule is CC(C)c1c(F)ccc(NC(=O)c2ccccc2)c1Nc1ncccc1-c1ncnc(NCCCn2ccnc2)n1. The average Bonchev–Trinajstić information content (AvgIpc) is 3.51. The largest absolute Gasteiger partial charge is 0.354 e. The lowest BCUT2D eigenvalue weighted by Crippen LogP contribution is -2.15. The Morgan fingerprint density at radius 3 is 2.63 bits per heavy atom. The number of pyridine rings is 1. The molecule has 0 aliphatic heterocycles. The normalized spacial score (nSPS) is 10.9. The molecule has 0 fully saturated rings. The van der Waals surface area contributed by atoms with Crippen LogP contribution in [0.25, 0.3) is 11.4 Å². The van der Waals surface area contributed by atoms with E-state index >= 15 is 4.39 Å². The molecule has 3 heterocycles. The Labute approximate surface area is 237 Å². The zero-order valence-corrected chi connectivity index (χ0v) is 22.8. The van der Waals surface area contributed by atoms with Crippen LogP contribution in [-0.2, 0) is 6.54 Å². The number of anilines is 4. The molecule has 41 heavy (non-hydrogen) atoms. The fraction of sp³-hybridized carbons (Fsp3) is 0.200. The molecule has 0 bridgehead atoms. The monoisotopic (exact) mass is 551 g/mol. The van der Waals surface area contributed by atoms with E-state index in [2.05, 4.69) is 40.9 Å². The molecule has 2 aromatic carbocycles. The van der Waals surface area contributed by atoms with E-state index in [0.29, 0.717) is 52.2 Å². The van der Waals surface area contributed by atoms with Gasteiger partial charge in [0.2, 0.25) is 5.95 Å². The van der Waals surface area contributed by atoms with Crippen molar-refractivity contribution in [2.24, 2.45) is 0 Å². The number of carbonyl (C=O) groups is 1. The number of aromatic nitrogens is 6. The average molecular weight is 552 g/mol. The summed E-state index contributed by atoms with van der Waals surface area (Å²) in [5, 5.41) is 9.43. The molecule has 0 unspecified atom stereocenters. The van der Waals surface area contributed by atoms with Crippen LogP contribution >= 0.6 is 0 Å². The Balaban J connectivity index is 1.41. The standard InChI is InChI=1S/C30H30FN9O/c1-20(2)25-23(31)11-12-24(37-29(41)21-8-4-3-5-9-21)26(25)38-27-22(10-6-13-33-27)28-35-18-36-30(39-28)34-14-7-16-40-17-15-32-19-40/h3-6,8-13,15,17-20H,7,14,16H2,1-2H3,(H,33,38)(H,37,41)(H,34,35,36,39). The summed E-state index contributed by atoms with van der Waals surface area (Å²) in [6.45, 7) is 5.26. The fourth-order valence-electron chi connectivity index (χ4n) is 4.38. The van der Waals surface area contributed by atoms with Crippen molar-refractivity contribution in [1.82, 2.24) is 29.5 Å². The van der Waals surface area contributed by atoms with Gasteiger partial charge in [0.15, 0.2) is 5.82 Å². The van der Waals surface area contributed by atoms with Crippen LogP contribution in [0, 0.1) is 5.82 Å². The van der Waals surface area contributed by atoms with Crippen molar-refractivity contribution >= 4 is 29.0 Å². The third kappa shape index (κ3) is 6.70. The predicted octanol–water partition coefficient (Wildman–Crippen LogP) is 5.89. The first kappa shape index (κ1) is 27.4. The summed E-state index contributed by atoms with van der Waals surface area (Å²) in [6, 6.07) is 15.3. The van der Waals surface area contributed by atoms with E-state index < -0.39 is 0 Å². The maximum absolute atomic E-state index is 15.1. The van der Waals surface area contributed by atoms with Crippen LogP contribution in [0.5, 0.6) is 0 Å². The second-order valence-electron chi connectivity index (χ2n) is 9.60. The lowest BCUT2D eigenvalue weighted by molar-refractivity contribution is 0.102.